The van der Waals surface area contributed by atoms with Gasteiger partial charge in [-0.25, -0.2) is 5.43 Å². The molecule has 26 heavy (non-hydrogen) atoms. The molecule has 0 aliphatic heterocycles. The van der Waals surface area contributed by atoms with E-state index in [9.17, 15) is 4.79 Å². The van der Waals surface area contributed by atoms with Gasteiger partial charge in [0.05, 0.1) is 11.8 Å². The van der Waals surface area contributed by atoms with Crippen molar-refractivity contribution in [2.75, 3.05) is 0 Å². The molecule has 0 aliphatic rings. The molecule has 3 aromatic rings. The number of hydrogen-bond acceptors (Lipinski definition) is 3. The van der Waals surface area contributed by atoms with Crippen molar-refractivity contribution in [3.63, 3.8) is 0 Å². The van der Waals surface area contributed by atoms with Crippen LogP contribution in [0.5, 0.6) is 5.75 Å². The van der Waals surface area contributed by atoms with E-state index < -0.39 is 0 Å². The molecule has 0 fully saturated rings. The minimum Gasteiger partial charge on any atom is -0.488 e. The molecule has 4 nitrogen and oxygen atoms in total. The first kappa shape index (κ1) is 18.1. The molecule has 5 heteroatoms. The fraction of sp³-hybridized carbons (Fsp3) is 0.0476. The predicted molar refractivity (Wildman–Crippen MR) is 111 cm³/mol. The Morgan fingerprint density at radius 2 is 1.65 bits per heavy atom. The Labute approximate surface area is 166 Å². The summed E-state index contributed by atoms with van der Waals surface area (Å²) in [6.07, 6.45) is 1.59. The normalized spacial score (nSPS) is 10.7. The molecule has 0 aromatic heterocycles. The zero-order valence-electron chi connectivity index (χ0n) is 13.9. The maximum atomic E-state index is 12.2. The molecule has 130 valence electrons. The van der Waals surface area contributed by atoms with Crippen molar-refractivity contribution >= 4 is 34.7 Å². The third-order valence-corrected chi connectivity index (χ3v) is 4.59. The smallest absolute Gasteiger partial charge is 0.272 e. The van der Waals surface area contributed by atoms with E-state index in [1.165, 1.54) is 0 Å². The Balaban J connectivity index is 1.65. The minimum absolute atomic E-state index is 0.242. The molecule has 0 spiro atoms. The van der Waals surface area contributed by atoms with Crippen LogP contribution in [0.15, 0.2) is 84.0 Å². The molecule has 3 aromatic carbocycles. The number of hydrogen-bond donors (Lipinski definition) is 1. The highest BCUT2D eigenvalue weighted by Gasteiger charge is 2.07. The minimum atomic E-state index is -0.242. The largest absolute Gasteiger partial charge is 0.488 e. The highest BCUT2D eigenvalue weighted by Crippen LogP contribution is 2.17. The lowest BCUT2D eigenvalue weighted by molar-refractivity contribution is 0.0954. The van der Waals surface area contributed by atoms with Gasteiger partial charge in [0.2, 0.25) is 0 Å². The van der Waals surface area contributed by atoms with Crippen molar-refractivity contribution in [1.29, 1.82) is 0 Å². The van der Waals surface area contributed by atoms with Crippen molar-refractivity contribution < 1.29 is 9.53 Å². The molecule has 0 heterocycles. The van der Waals surface area contributed by atoms with E-state index in [-0.39, 0.29) is 5.91 Å². The van der Waals surface area contributed by atoms with Gasteiger partial charge in [-0.1, -0.05) is 54.6 Å². The number of para-hydroxylation sites is 1. The molecular weight excluding hydrogens is 439 g/mol. The molecule has 3 rings (SSSR count). The zero-order chi connectivity index (χ0) is 18.2. The molecule has 0 bridgehead atoms. The van der Waals surface area contributed by atoms with Crippen molar-refractivity contribution in [3.8, 4) is 5.75 Å². The van der Waals surface area contributed by atoms with Gasteiger partial charge in [-0.3, -0.25) is 4.79 Å². The van der Waals surface area contributed by atoms with Crippen molar-refractivity contribution in [2.45, 2.75) is 6.61 Å². The summed E-state index contributed by atoms with van der Waals surface area (Å²) in [5.41, 5.74) is 5.04. The Kier molecular flexibility index (Phi) is 6.38. The Bertz CT molecular complexity index is 911. The predicted octanol–water partition coefficient (Wildman–Crippen LogP) is 4.63. The van der Waals surface area contributed by atoms with Gasteiger partial charge in [0.1, 0.15) is 12.4 Å². The van der Waals surface area contributed by atoms with Crippen LogP contribution < -0.4 is 10.2 Å². The van der Waals surface area contributed by atoms with E-state index in [2.05, 4.69) is 33.1 Å². The first-order chi connectivity index (χ1) is 12.7. The lowest BCUT2D eigenvalue weighted by Gasteiger charge is -2.09. The van der Waals surface area contributed by atoms with Crippen molar-refractivity contribution in [1.82, 2.24) is 5.43 Å². The van der Waals surface area contributed by atoms with E-state index in [1.54, 1.807) is 12.3 Å². The average Bonchev–Trinajstić information content (AvgIpc) is 2.68. The number of benzene rings is 3. The number of rotatable bonds is 6. The number of carbonyl (C=O) groups excluding carboxylic acids is 1. The number of hydrazone groups is 1. The van der Waals surface area contributed by atoms with Crippen LogP contribution in [0.25, 0.3) is 0 Å². The summed E-state index contributed by atoms with van der Waals surface area (Å²) in [6.45, 7) is 0.472. The molecule has 0 saturated heterocycles. The summed E-state index contributed by atoms with van der Waals surface area (Å²) in [6, 6.07) is 24.9. The summed E-state index contributed by atoms with van der Waals surface area (Å²) in [5, 5.41) is 4.07. The van der Waals surface area contributed by atoms with Crippen LogP contribution in [0.1, 0.15) is 21.5 Å². The number of ether oxygens (including phenoxy) is 1. The Morgan fingerprint density at radius 3 is 2.46 bits per heavy atom. The van der Waals surface area contributed by atoms with Crippen LogP contribution in [0.2, 0.25) is 0 Å². The highest BCUT2D eigenvalue weighted by molar-refractivity contribution is 14.1. The maximum absolute atomic E-state index is 12.2. The average molecular weight is 456 g/mol. The van der Waals surface area contributed by atoms with Crippen LogP contribution >= 0.6 is 22.6 Å². The molecule has 0 aliphatic carbocycles. The number of nitrogens with zero attached hydrogens (tertiary/aromatic N) is 1. The SMILES string of the molecule is O=C(NN=Cc1ccccc1OCc1ccccc1)c1ccccc1I. The first-order valence-corrected chi connectivity index (χ1v) is 9.15. The molecule has 0 unspecified atom stereocenters. The molecule has 0 radical (unpaired) electrons. The summed E-state index contributed by atoms with van der Waals surface area (Å²) in [5.74, 6) is 0.470. The van der Waals surface area contributed by atoms with Crippen LogP contribution in [0.3, 0.4) is 0 Å². The van der Waals surface area contributed by atoms with Gasteiger partial charge in [-0.2, -0.15) is 5.10 Å². The third-order valence-electron chi connectivity index (χ3n) is 3.64. The fourth-order valence-corrected chi connectivity index (χ4v) is 2.95. The maximum Gasteiger partial charge on any atom is 0.272 e. The van der Waals surface area contributed by atoms with Crippen LogP contribution in [0, 0.1) is 3.57 Å². The molecule has 0 saturated carbocycles. The van der Waals surface area contributed by atoms with Crippen LogP contribution in [-0.2, 0) is 6.61 Å². The van der Waals surface area contributed by atoms with Gasteiger partial charge in [-0.15, -0.1) is 0 Å². The van der Waals surface area contributed by atoms with Crippen LogP contribution in [0.4, 0.5) is 0 Å². The standard InChI is InChI=1S/C21H17IN2O2/c22-19-12-6-5-11-18(19)21(25)24-23-14-17-10-4-7-13-20(17)26-15-16-8-2-1-3-9-16/h1-14H,15H2,(H,24,25). The molecule has 1 amide bonds. The first-order valence-electron chi connectivity index (χ1n) is 8.08. The summed E-state index contributed by atoms with van der Waals surface area (Å²) >= 11 is 2.13. The van der Waals surface area contributed by atoms with Crippen molar-refractivity contribution in [3.05, 3.63) is 99.1 Å². The van der Waals surface area contributed by atoms with Crippen LogP contribution in [-0.4, -0.2) is 12.1 Å². The van der Waals surface area contributed by atoms with Gasteiger partial charge in [-0.05, 0) is 52.4 Å². The van der Waals surface area contributed by atoms with E-state index >= 15 is 0 Å². The topological polar surface area (TPSA) is 50.7 Å². The third kappa shape index (κ3) is 4.92. The van der Waals surface area contributed by atoms with Gasteiger partial charge in [0.25, 0.3) is 5.91 Å². The lowest BCUT2D eigenvalue weighted by Crippen LogP contribution is -2.18. The number of amides is 1. The zero-order valence-corrected chi connectivity index (χ0v) is 16.1. The second-order valence-electron chi connectivity index (χ2n) is 5.49. The van der Waals surface area contributed by atoms with Gasteiger partial charge in [0, 0.05) is 9.13 Å². The van der Waals surface area contributed by atoms with E-state index in [1.807, 2.05) is 72.8 Å². The number of nitrogens with one attached hydrogen (secondary N) is 1. The van der Waals surface area contributed by atoms with E-state index in [4.69, 9.17) is 4.74 Å². The van der Waals surface area contributed by atoms with Gasteiger partial charge in [0.15, 0.2) is 0 Å². The second-order valence-corrected chi connectivity index (χ2v) is 6.65. The summed E-state index contributed by atoms with van der Waals surface area (Å²) in [7, 11) is 0. The quantitative estimate of drug-likeness (QED) is 0.334. The number of halogens is 1. The molecular formula is C21H17IN2O2. The summed E-state index contributed by atoms with van der Waals surface area (Å²) < 4.78 is 6.76. The van der Waals surface area contributed by atoms with Gasteiger partial charge >= 0.3 is 0 Å². The van der Waals surface area contributed by atoms with Gasteiger partial charge < -0.3 is 4.74 Å². The highest BCUT2D eigenvalue weighted by atomic mass is 127. The van der Waals surface area contributed by atoms with Crippen molar-refractivity contribution in [2.24, 2.45) is 5.10 Å². The Morgan fingerprint density at radius 1 is 0.962 bits per heavy atom. The van der Waals surface area contributed by atoms with E-state index in [0.717, 1.165) is 14.7 Å². The summed E-state index contributed by atoms with van der Waals surface area (Å²) in [4.78, 5) is 12.2. The Hall–Kier alpha value is -2.67. The molecule has 0 atom stereocenters. The monoisotopic (exact) mass is 456 g/mol. The van der Waals surface area contributed by atoms with E-state index in [0.29, 0.717) is 17.9 Å². The fourth-order valence-electron chi connectivity index (χ4n) is 2.32. The second kappa shape index (κ2) is 9.15. The number of carbonyl (C=O) groups is 1. The lowest BCUT2D eigenvalue weighted by atomic mass is 10.2. The molecule has 1 N–H and O–H groups in total.